The van der Waals surface area contributed by atoms with E-state index in [1.54, 1.807) is 0 Å². The molecule has 0 bridgehead atoms. The maximum absolute atomic E-state index is 12.5. The van der Waals surface area contributed by atoms with Gasteiger partial charge in [0.2, 0.25) is 5.91 Å². The van der Waals surface area contributed by atoms with Gasteiger partial charge in [-0.15, -0.1) is 0 Å². The van der Waals surface area contributed by atoms with Crippen molar-refractivity contribution in [2.24, 2.45) is 11.7 Å². The maximum atomic E-state index is 12.5. The highest BCUT2D eigenvalue weighted by atomic mass is 16.5. The number of carbonyl (C=O) groups is 1. The molecule has 1 aliphatic carbocycles. The molecule has 1 saturated carbocycles. The van der Waals surface area contributed by atoms with Crippen molar-refractivity contribution in [3.8, 4) is 0 Å². The maximum Gasteiger partial charge on any atom is 0.227 e. The normalized spacial score (nSPS) is 27.5. The molecule has 126 valence electrons. The lowest BCUT2D eigenvalue weighted by Crippen LogP contribution is -2.41. The minimum Gasteiger partial charge on any atom is -0.376 e. The molecule has 3 rings (SSSR count). The van der Waals surface area contributed by atoms with Crippen molar-refractivity contribution in [2.45, 2.75) is 50.7 Å². The van der Waals surface area contributed by atoms with E-state index in [1.807, 2.05) is 11.0 Å². The summed E-state index contributed by atoms with van der Waals surface area (Å²) >= 11 is 0. The molecule has 1 saturated heterocycles. The van der Waals surface area contributed by atoms with E-state index in [1.165, 1.54) is 5.56 Å². The fraction of sp³-hybridized carbons (Fsp3) is 0.632. The van der Waals surface area contributed by atoms with E-state index >= 15 is 0 Å². The smallest absolute Gasteiger partial charge is 0.227 e. The van der Waals surface area contributed by atoms with E-state index in [9.17, 15) is 4.79 Å². The largest absolute Gasteiger partial charge is 0.376 e. The van der Waals surface area contributed by atoms with Crippen LogP contribution in [-0.2, 0) is 16.0 Å². The van der Waals surface area contributed by atoms with Crippen molar-refractivity contribution in [3.63, 3.8) is 0 Å². The summed E-state index contributed by atoms with van der Waals surface area (Å²) in [6.45, 7) is 2.34. The summed E-state index contributed by atoms with van der Waals surface area (Å²) in [5, 5.41) is 0. The van der Waals surface area contributed by atoms with Gasteiger partial charge in [-0.2, -0.15) is 0 Å². The second kappa shape index (κ2) is 7.93. The van der Waals surface area contributed by atoms with Crippen LogP contribution >= 0.6 is 0 Å². The van der Waals surface area contributed by atoms with Gasteiger partial charge < -0.3 is 15.4 Å². The van der Waals surface area contributed by atoms with Gasteiger partial charge in [-0.1, -0.05) is 36.8 Å². The van der Waals surface area contributed by atoms with Crippen LogP contribution in [0.4, 0.5) is 0 Å². The zero-order valence-electron chi connectivity index (χ0n) is 13.8. The average molecular weight is 316 g/mol. The highest BCUT2D eigenvalue weighted by Crippen LogP contribution is 2.27. The van der Waals surface area contributed by atoms with Crippen LogP contribution in [0.2, 0.25) is 0 Å². The molecule has 0 unspecified atom stereocenters. The number of ether oxygens (including phenoxy) is 1. The average Bonchev–Trinajstić information content (AvgIpc) is 3.21. The van der Waals surface area contributed by atoms with Crippen LogP contribution in [0.5, 0.6) is 0 Å². The van der Waals surface area contributed by atoms with Crippen molar-refractivity contribution in [3.05, 3.63) is 35.9 Å². The van der Waals surface area contributed by atoms with E-state index in [0.717, 1.165) is 58.2 Å². The molecule has 4 nitrogen and oxygen atoms in total. The Morgan fingerprint density at radius 3 is 2.78 bits per heavy atom. The van der Waals surface area contributed by atoms with Crippen LogP contribution in [0.1, 0.15) is 37.7 Å². The highest BCUT2D eigenvalue weighted by molar-refractivity contribution is 5.80. The first-order valence-electron chi connectivity index (χ1n) is 8.94. The third-order valence-corrected chi connectivity index (χ3v) is 5.15. The molecule has 1 amide bonds. The van der Waals surface area contributed by atoms with Crippen molar-refractivity contribution >= 4 is 5.91 Å². The van der Waals surface area contributed by atoms with Crippen LogP contribution in [0, 0.1) is 5.92 Å². The van der Waals surface area contributed by atoms with Crippen molar-refractivity contribution in [1.82, 2.24) is 4.90 Å². The molecule has 1 aromatic rings. The highest BCUT2D eigenvalue weighted by Gasteiger charge is 2.36. The number of hydrogen-bond donors (Lipinski definition) is 1. The predicted molar refractivity (Wildman–Crippen MR) is 91.0 cm³/mol. The summed E-state index contributed by atoms with van der Waals surface area (Å²) < 4.78 is 5.97. The second-order valence-electron chi connectivity index (χ2n) is 6.86. The van der Waals surface area contributed by atoms with Crippen molar-refractivity contribution < 1.29 is 9.53 Å². The first kappa shape index (κ1) is 16.5. The van der Waals surface area contributed by atoms with Gasteiger partial charge in [0.25, 0.3) is 0 Å². The number of carbonyl (C=O) groups excluding carboxylic acids is 1. The molecule has 1 aliphatic heterocycles. The SMILES string of the molecule is N[C@@H]1CCC[C@H]1C(=O)N1CC[C@H](OCCCc2ccccc2)C1. The summed E-state index contributed by atoms with van der Waals surface area (Å²) in [4.78, 5) is 14.5. The van der Waals surface area contributed by atoms with Gasteiger partial charge in [0.1, 0.15) is 0 Å². The van der Waals surface area contributed by atoms with E-state index in [0.29, 0.717) is 0 Å². The molecule has 1 heterocycles. The molecule has 2 N–H and O–H groups in total. The van der Waals surface area contributed by atoms with Gasteiger partial charge >= 0.3 is 0 Å². The third kappa shape index (κ3) is 4.33. The number of nitrogens with zero attached hydrogens (tertiary/aromatic N) is 1. The van der Waals surface area contributed by atoms with Crippen LogP contribution in [0.15, 0.2) is 30.3 Å². The first-order chi connectivity index (χ1) is 11.2. The van der Waals surface area contributed by atoms with Gasteiger partial charge in [-0.05, 0) is 37.7 Å². The Kier molecular flexibility index (Phi) is 5.68. The standard InChI is InChI=1S/C19H28N2O2/c20-18-10-4-9-17(18)19(22)21-12-11-16(14-21)23-13-5-8-15-6-2-1-3-7-15/h1-3,6-7,16-18H,4-5,8-14,20H2/t16-,17+,18+/m0/s1. The summed E-state index contributed by atoms with van der Waals surface area (Å²) in [5.74, 6) is 0.303. The Balaban J connectivity index is 1.36. The molecular weight excluding hydrogens is 288 g/mol. The zero-order valence-corrected chi connectivity index (χ0v) is 13.8. The second-order valence-corrected chi connectivity index (χ2v) is 6.86. The predicted octanol–water partition coefficient (Wildman–Crippen LogP) is 2.36. The molecule has 2 aliphatic rings. The summed E-state index contributed by atoms with van der Waals surface area (Å²) in [6, 6.07) is 10.6. The van der Waals surface area contributed by atoms with Crippen molar-refractivity contribution in [1.29, 1.82) is 0 Å². The first-order valence-corrected chi connectivity index (χ1v) is 8.94. The Morgan fingerprint density at radius 1 is 1.22 bits per heavy atom. The molecule has 4 heteroatoms. The van der Waals surface area contributed by atoms with Gasteiger partial charge in [-0.3, -0.25) is 4.79 Å². The minimum atomic E-state index is 0.0480. The molecule has 1 aromatic carbocycles. The van der Waals surface area contributed by atoms with Crippen LogP contribution < -0.4 is 5.73 Å². The van der Waals surface area contributed by atoms with Crippen LogP contribution in [0.3, 0.4) is 0 Å². The van der Waals surface area contributed by atoms with Crippen LogP contribution in [0.25, 0.3) is 0 Å². The van der Waals surface area contributed by atoms with Crippen LogP contribution in [-0.4, -0.2) is 42.6 Å². The Morgan fingerprint density at radius 2 is 2.04 bits per heavy atom. The number of likely N-dealkylation sites (tertiary alicyclic amines) is 1. The Hall–Kier alpha value is -1.39. The number of rotatable bonds is 6. The molecule has 2 fully saturated rings. The van der Waals surface area contributed by atoms with E-state index in [4.69, 9.17) is 10.5 Å². The summed E-state index contributed by atoms with van der Waals surface area (Å²) in [7, 11) is 0. The lowest BCUT2D eigenvalue weighted by molar-refractivity contribution is -0.135. The van der Waals surface area contributed by atoms with E-state index in [2.05, 4.69) is 24.3 Å². The quantitative estimate of drug-likeness (QED) is 0.820. The third-order valence-electron chi connectivity index (χ3n) is 5.15. The lowest BCUT2D eigenvalue weighted by atomic mass is 10.0. The molecule has 3 atom stereocenters. The number of aryl methyl sites for hydroxylation is 1. The Labute approximate surface area is 139 Å². The molecule has 0 radical (unpaired) electrons. The molecule has 23 heavy (non-hydrogen) atoms. The van der Waals surface area contributed by atoms with Gasteiger partial charge in [0.15, 0.2) is 0 Å². The van der Waals surface area contributed by atoms with Gasteiger partial charge in [0, 0.05) is 25.7 Å². The fourth-order valence-electron chi connectivity index (χ4n) is 3.77. The van der Waals surface area contributed by atoms with E-state index < -0.39 is 0 Å². The van der Waals surface area contributed by atoms with Crippen molar-refractivity contribution in [2.75, 3.05) is 19.7 Å². The Bertz CT molecular complexity index is 505. The number of amides is 1. The molecule has 0 aromatic heterocycles. The van der Waals surface area contributed by atoms with Gasteiger partial charge in [0.05, 0.1) is 12.0 Å². The zero-order chi connectivity index (χ0) is 16.1. The minimum absolute atomic E-state index is 0.0480. The topological polar surface area (TPSA) is 55.6 Å². The summed E-state index contributed by atoms with van der Waals surface area (Å²) in [6.07, 6.45) is 6.27. The monoisotopic (exact) mass is 316 g/mol. The number of hydrogen-bond acceptors (Lipinski definition) is 3. The number of benzene rings is 1. The number of nitrogens with two attached hydrogens (primary N) is 1. The molecular formula is C19H28N2O2. The summed E-state index contributed by atoms with van der Waals surface area (Å²) in [5.41, 5.74) is 7.41. The fourth-order valence-corrected chi connectivity index (χ4v) is 3.77. The van der Waals surface area contributed by atoms with E-state index in [-0.39, 0.29) is 24.0 Å². The lowest BCUT2D eigenvalue weighted by Gasteiger charge is -2.23. The molecule has 0 spiro atoms. The van der Waals surface area contributed by atoms with Gasteiger partial charge in [-0.25, -0.2) is 0 Å².